The minimum atomic E-state index is -0.440. The predicted octanol–water partition coefficient (Wildman–Crippen LogP) is 5.51. The van der Waals surface area contributed by atoms with Gasteiger partial charge in [-0.05, 0) is 59.9 Å². The molecule has 0 bridgehead atoms. The van der Waals surface area contributed by atoms with Crippen LogP contribution in [0.4, 0.5) is 10.7 Å². The normalized spacial score (nSPS) is 15.1. The summed E-state index contributed by atoms with van der Waals surface area (Å²) in [6, 6.07) is 20.1. The Morgan fingerprint density at radius 3 is 2.65 bits per heavy atom. The van der Waals surface area contributed by atoms with E-state index in [1.54, 1.807) is 6.07 Å². The van der Waals surface area contributed by atoms with E-state index in [1.807, 2.05) is 42.6 Å². The maximum Gasteiger partial charge on any atom is 0.249 e. The Morgan fingerprint density at radius 2 is 1.85 bits per heavy atom. The number of aromatic nitrogens is 1. The molecule has 2 amide bonds. The lowest BCUT2D eigenvalue weighted by Gasteiger charge is -2.22. The first-order chi connectivity index (χ1) is 16.6. The number of aromatic amines is 1. The zero-order chi connectivity index (χ0) is 23.5. The van der Waals surface area contributed by atoms with Crippen molar-refractivity contribution in [3.05, 3.63) is 94.5 Å². The summed E-state index contributed by atoms with van der Waals surface area (Å²) in [5, 5.41) is 16.9. The Morgan fingerprint density at radius 1 is 1.06 bits per heavy atom. The standard InChI is InChI=1S/C27H22N4O2S/c28-16-22-21-9-7-19(17-4-2-1-3-5-17)14-24(21)34-27(22)31-26(33)11-10-25(32)30-20-8-6-18-12-13-29-23(18)15-20/h1-6,8,10-13,15,19,29H,7,9,14H2,(H,30,32)(H,31,33)/b11-10+/t19-/m1/s1. The van der Waals surface area contributed by atoms with Gasteiger partial charge in [-0.15, -0.1) is 11.3 Å². The van der Waals surface area contributed by atoms with Gasteiger partial charge in [0.25, 0.3) is 0 Å². The Kier molecular flexibility index (Phi) is 5.98. The maximum atomic E-state index is 12.5. The van der Waals surface area contributed by atoms with Gasteiger partial charge in [-0.3, -0.25) is 9.59 Å². The number of amides is 2. The molecule has 7 heteroatoms. The molecular weight excluding hydrogens is 444 g/mol. The highest BCUT2D eigenvalue weighted by atomic mass is 32.1. The van der Waals surface area contributed by atoms with E-state index in [-0.39, 0.29) is 0 Å². The van der Waals surface area contributed by atoms with Crippen LogP contribution in [0.2, 0.25) is 0 Å². The second-order valence-corrected chi connectivity index (χ2v) is 9.37. The summed E-state index contributed by atoms with van der Waals surface area (Å²) in [6.45, 7) is 0. The molecule has 168 valence electrons. The number of nitrogens with one attached hydrogen (secondary N) is 3. The molecule has 0 saturated heterocycles. The number of anilines is 2. The van der Waals surface area contributed by atoms with Crippen molar-refractivity contribution in [2.45, 2.75) is 25.2 Å². The van der Waals surface area contributed by atoms with E-state index in [9.17, 15) is 14.9 Å². The molecule has 6 nitrogen and oxygen atoms in total. The number of carbonyl (C=O) groups excluding carboxylic acids is 2. The SMILES string of the molecule is N#Cc1c(NC(=O)/C=C/C(=O)Nc2ccc3cc[nH]c3c2)sc2c1CC[C@@H](c1ccccc1)C2. The van der Waals surface area contributed by atoms with Crippen LogP contribution >= 0.6 is 11.3 Å². The van der Waals surface area contributed by atoms with E-state index < -0.39 is 11.8 Å². The first kappa shape index (κ1) is 21.7. The lowest BCUT2D eigenvalue weighted by Crippen LogP contribution is -2.12. The maximum absolute atomic E-state index is 12.5. The largest absolute Gasteiger partial charge is 0.361 e. The summed E-state index contributed by atoms with van der Waals surface area (Å²) < 4.78 is 0. The predicted molar refractivity (Wildman–Crippen MR) is 135 cm³/mol. The molecule has 4 aromatic rings. The summed E-state index contributed by atoms with van der Waals surface area (Å²) in [4.78, 5) is 29.0. The van der Waals surface area contributed by atoms with Crippen LogP contribution in [0.3, 0.4) is 0 Å². The highest BCUT2D eigenvalue weighted by Gasteiger charge is 2.27. The number of H-pyrrole nitrogens is 1. The molecule has 0 spiro atoms. The van der Waals surface area contributed by atoms with Crippen molar-refractivity contribution in [1.29, 1.82) is 5.26 Å². The fourth-order valence-electron chi connectivity index (χ4n) is 4.42. The highest BCUT2D eigenvalue weighted by molar-refractivity contribution is 7.16. The van der Waals surface area contributed by atoms with Crippen LogP contribution in [-0.2, 0) is 22.4 Å². The van der Waals surface area contributed by atoms with Crippen molar-refractivity contribution >= 4 is 44.7 Å². The van der Waals surface area contributed by atoms with Crippen molar-refractivity contribution in [3.8, 4) is 6.07 Å². The third kappa shape index (κ3) is 4.49. The van der Waals surface area contributed by atoms with Crippen molar-refractivity contribution in [3.63, 3.8) is 0 Å². The van der Waals surface area contributed by atoms with Crippen LogP contribution in [0.1, 0.15) is 33.9 Å². The summed E-state index contributed by atoms with van der Waals surface area (Å²) in [6.07, 6.45) is 6.87. The van der Waals surface area contributed by atoms with Crippen molar-refractivity contribution < 1.29 is 9.59 Å². The molecule has 2 aromatic carbocycles. The van der Waals surface area contributed by atoms with Crippen LogP contribution in [0.5, 0.6) is 0 Å². The van der Waals surface area contributed by atoms with Crippen LogP contribution in [0.15, 0.2) is 72.9 Å². The van der Waals surface area contributed by atoms with Gasteiger partial charge in [0.15, 0.2) is 0 Å². The third-order valence-electron chi connectivity index (χ3n) is 6.09. The number of hydrogen-bond acceptors (Lipinski definition) is 4. The van der Waals surface area contributed by atoms with E-state index in [1.165, 1.54) is 29.1 Å². The van der Waals surface area contributed by atoms with E-state index in [0.29, 0.717) is 22.2 Å². The highest BCUT2D eigenvalue weighted by Crippen LogP contribution is 2.42. The van der Waals surface area contributed by atoms with E-state index in [0.717, 1.165) is 40.6 Å². The Balaban J connectivity index is 1.24. The second-order valence-electron chi connectivity index (χ2n) is 8.26. The third-order valence-corrected chi connectivity index (χ3v) is 7.26. The molecule has 1 aliphatic rings. The summed E-state index contributed by atoms with van der Waals surface area (Å²) in [5.41, 5.74) is 4.43. The number of fused-ring (bicyclic) bond motifs is 2. The molecule has 0 radical (unpaired) electrons. The lowest BCUT2D eigenvalue weighted by atomic mass is 9.83. The molecule has 0 unspecified atom stereocenters. The Hall–Kier alpha value is -4.15. The van der Waals surface area contributed by atoms with Crippen LogP contribution < -0.4 is 10.6 Å². The minimum absolute atomic E-state index is 0.405. The Labute approximate surface area is 200 Å². The van der Waals surface area contributed by atoms with Gasteiger partial charge in [0.1, 0.15) is 11.1 Å². The van der Waals surface area contributed by atoms with E-state index >= 15 is 0 Å². The molecule has 34 heavy (non-hydrogen) atoms. The first-order valence-corrected chi connectivity index (χ1v) is 11.9. The van der Waals surface area contributed by atoms with Gasteiger partial charge >= 0.3 is 0 Å². The van der Waals surface area contributed by atoms with Gasteiger partial charge in [0.2, 0.25) is 11.8 Å². The molecular formula is C27H22N4O2S. The molecule has 1 aliphatic carbocycles. The van der Waals surface area contributed by atoms with Gasteiger partial charge in [-0.2, -0.15) is 5.26 Å². The number of hydrogen-bond donors (Lipinski definition) is 3. The van der Waals surface area contributed by atoms with Crippen LogP contribution in [-0.4, -0.2) is 16.8 Å². The zero-order valence-corrected chi connectivity index (χ0v) is 19.1. The molecule has 0 fully saturated rings. The number of rotatable bonds is 5. The molecule has 5 rings (SSSR count). The second kappa shape index (κ2) is 9.38. The van der Waals surface area contributed by atoms with Crippen LogP contribution in [0, 0.1) is 11.3 Å². The van der Waals surface area contributed by atoms with Gasteiger partial charge in [0, 0.05) is 34.4 Å². The van der Waals surface area contributed by atoms with Gasteiger partial charge in [-0.1, -0.05) is 36.4 Å². The number of benzene rings is 2. The molecule has 2 aromatic heterocycles. The monoisotopic (exact) mass is 466 g/mol. The number of nitriles is 1. The average Bonchev–Trinajstić information content (AvgIpc) is 3.46. The topological polar surface area (TPSA) is 97.8 Å². The van der Waals surface area contributed by atoms with Crippen molar-refractivity contribution in [2.24, 2.45) is 0 Å². The molecule has 3 N–H and O–H groups in total. The number of thiophene rings is 1. The fraction of sp³-hybridized carbons (Fsp3) is 0.148. The quantitative estimate of drug-likeness (QED) is 0.338. The molecule has 0 saturated carbocycles. The minimum Gasteiger partial charge on any atom is -0.361 e. The summed E-state index contributed by atoms with van der Waals surface area (Å²) >= 11 is 1.46. The average molecular weight is 467 g/mol. The van der Waals surface area contributed by atoms with E-state index in [2.05, 4.69) is 33.8 Å². The zero-order valence-electron chi connectivity index (χ0n) is 18.3. The molecule has 2 heterocycles. The van der Waals surface area contributed by atoms with Gasteiger partial charge in [0.05, 0.1) is 5.56 Å². The van der Waals surface area contributed by atoms with Crippen molar-refractivity contribution in [1.82, 2.24) is 4.98 Å². The number of nitrogens with zero attached hydrogens (tertiary/aromatic N) is 1. The van der Waals surface area contributed by atoms with Crippen molar-refractivity contribution in [2.75, 3.05) is 10.6 Å². The van der Waals surface area contributed by atoms with Gasteiger partial charge in [-0.25, -0.2) is 0 Å². The van der Waals surface area contributed by atoms with Gasteiger partial charge < -0.3 is 15.6 Å². The fourth-order valence-corrected chi connectivity index (χ4v) is 5.70. The lowest BCUT2D eigenvalue weighted by molar-refractivity contribution is -0.114. The smallest absolute Gasteiger partial charge is 0.249 e. The number of carbonyl (C=O) groups is 2. The summed E-state index contributed by atoms with van der Waals surface area (Å²) in [7, 11) is 0. The first-order valence-electron chi connectivity index (χ1n) is 11.1. The summed E-state index contributed by atoms with van der Waals surface area (Å²) in [5.74, 6) is -0.432. The Bertz CT molecular complexity index is 1440. The molecule has 1 atom stereocenters. The van der Waals surface area contributed by atoms with Crippen LogP contribution in [0.25, 0.3) is 10.9 Å². The molecule has 0 aliphatic heterocycles. The van der Waals surface area contributed by atoms with E-state index in [4.69, 9.17) is 0 Å².